The summed E-state index contributed by atoms with van der Waals surface area (Å²) in [4.78, 5) is 32.8. The molecule has 28 heavy (non-hydrogen) atoms. The smallest absolute Gasteiger partial charge is 0.198 e. The lowest BCUT2D eigenvalue weighted by Crippen LogP contribution is -2.10. The minimum atomic E-state index is -0.220. The maximum absolute atomic E-state index is 13.2. The van der Waals surface area contributed by atoms with Gasteiger partial charge in [0.25, 0.3) is 0 Å². The van der Waals surface area contributed by atoms with Crippen LogP contribution in [0.4, 0.5) is 0 Å². The second-order valence-electron chi connectivity index (χ2n) is 7.13. The second-order valence-corrected chi connectivity index (χ2v) is 7.89. The van der Waals surface area contributed by atoms with Crippen molar-refractivity contribution >= 4 is 66.8 Å². The summed E-state index contributed by atoms with van der Waals surface area (Å²) in [7, 11) is 0. The van der Waals surface area contributed by atoms with Gasteiger partial charge in [-0.15, -0.1) is 0 Å². The number of H-pyrrole nitrogens is 2. The first-order chi connectivity index (χ1) is 13.4. The van der Waals surface area contributed by atoms with Crippen molar-refractivity contribution in [2.75, 3.05) is 0 Å². The molecule has 0 fully saturated rings. The van der Waals surface area contributed by atoms with E-state index >= 15 is 0 Å². The van der Waals surface area contributed by atoms with Gasteiger partial charge in [0, 0.05) is 16.3 Å². The third-order valence-electron chi connectivity index (χ3n) is 5.19. The van der Waals surface area contributed by atoms with Crippen molar-refractivity contribution in [1.82, 2.24) is 9.97 Å². The quantitative estimate of drug-likeness (QED) is 0.327. The monoisotopic (exact) mass is 408 g/mol. The number of benzene rings is 3. The van der Waals surface area contributed by atoms with Gasteiger partial charge in [-0.1, -0.05) is 40.9 Å². The van der Waals surface area contributed by atoms with Crippen LogP contribution in [0.15, 0.2) is 46.0 Å². The molecule has 0 saturated carbocycles. The first kappa shape index (κ1) is 17.3. The van der Waals surface area contributed by atoms with Gasteiger partial charge in [0.15, 0.2) is 10.9 Å². The Balaban J connectivity index is 2.11. The summed E-state index contributed by atoms with van der Waals surface area (Å²) in [6.07, 6.45) is 0. The largest absolute Gasteiger partial charge is 0.353 e. The number of aryl methyl sites for hydroxylation is 2. The standard InChI is InChI=1S/C22H14Cl2N2O2/c1-9-4-6-13-12(7-9)22(28)16-18(24)20-15(17(23)19(16)25-13)21(27)11-5-3-10(2)8-14(11)26-20/h3-8H,1-2H3,(H,25,28)(H,26,27). The van der Waals surface area contributed by atoms with Crippen LogP contribution in [0.2, 0.25) is 10.0 Å². The first-order valence-corrected chi connectivity index (χ1v) is 9.52. The molecule has 138 valence electrons. The number of rotatable bonds is 0. The van der Waals surface area contributed by atoms with Gasteiger partial charge in [-0.05, 0) is 43.7 Å². The van der Waals surface area contributed by atoms with E-state index in [0.717, 1.165) is 11.1 Å². The van der Waals surface area contributed by atoms with Crippen molar-refractivity contribution in [1.29, 1.82) is 0 Å². The average Bonchev–Trinajstić information content (AvgIpc) is 2.66. The van der Waals surface area contributed by atoms with Crippen LogP contribution in [0.3, 0.4) is 0 Å². The maximum atomic E-state index is 13.2. The van der Waals surface area contributed by atoms with E-state index in [1.165, 1.54) is 0 Å². The zero-order valence-electron chi connectivity index (χ0n) is 15.0. The van der Waals surface area contributed by atoms with E-state index < -0.39 is 0 Å². The minimum Gasteiger partial charge on any atom is -0.353 e. The van der Waals surface area contributed by atoms with Crippen LogP contribution >= 0.6 is 23.2 Å². The van der Waals surface area contributed by atoms with E-state index in [4.69, 9.17) is 23.2 Å². The third-order valence-corrected chi connectivity index (χ3v) is 5.95. The Kier molecular flexibility index (Phi) is 3.60. The number of aromatic amines is 2. The summed E-state index contributed by atoms with van der Waals surface area (Å²) in [6, 6.07) is 11.1. The van der Waals surface area contributed by atoms with Gasteiger partial charge in [-0.2, -0.15) is 0 Å². The van der Waals surface area contributed by atoms with Gasteiger partial charge in [-0.25, -0.2) is 0 Å². The van der Waals surface area contributed by atoms with Crippen molar-refractivity contribution in [2.24, 2.45) is 0 Å². The fourth-order valence-corrected chi connectivity index (χ4v) is 4.45. The molecule has 0 bridgehead atoms. The highest BCUT2D eigenvalue weighted by Gasteiger charge is 2.20. The first-order valence-electron chi connectivity index (χ1n) is 8.76. The molecule has 6 heteroatoms. The predicted octanol–water partition coefficient (Wildman–Crippen LogP) is 5.60. The Labute approximate surface area is 168 Å². The van der Waals surface area contributed by atoms with Crippen molar-refractivity contribution in [3.63, 3.8) is 0 Å². The normalized spacial score (nSPS) is 11.9. The summed E-state index contributed by atoms with van der Waals surface area (Å²) in [5.41, 5.74) is 3.59. The van der Waals surface area contributed by atoms with Crippen molar-refractivity contribution < 1.29 is 0 Å². The lowest BCUT2D eigenvalue weighted by molar-refractivity contribution is 1.42. The highest BCUT2D eigenvalue weighted by Crippen LogP contribution is 2.36. The Bertz CT molecular complexity index is 1600. The summed E-state index contributed by atoms with van der Waals surface area (Å²) >= 11 is 13.3. The van der Waals surface area contributed by atoms with E-state index in [9.17, 15) is 9.59 Å². The molecule has 0 saturated heterocycles. The molecule has 0 amide bonds. The summed E-state index contributed by atoms with van der Waals surface area (Å²) in [5.74, 6) is 0. The second kappa shape index (κ2) is 5.84. The molecule has 5 aromatic rings. The Hall–Kier alpha value is -2.82. The molecule has 2 aromatic heterocycles. The predicted molar refractivity (Wildman–Crippen MR) is 117 cm³/mol. The minimum absolute atomic E-state index is 0.192. The molecule has 4 nitrogen and oxygen atoms in total. The molecule has 3 aromatic carbocycles. The highest BCUT2D eigenvalue weighted by molar-refractivity contribution is 6.47. The van der Waals surface area contributed by atoms with E-state index in [2.05, 4.69) is 9.97 Å². The molecule has 0 radical (unpaired) electrons. The molecule has 0 spiro atoms. The maximum Gasteiger partial charge on any atom is 0.198 e. The molecule has 2 heterocycles. The van der Waals surface area contributed by atoms with Crippen molar-refractivity contribution in [3.8, 4) is 0 Å². The van der Waals surface area contributed by atoms with Crippen molar-refractivity contribution in [3.05, 3.63) is 78.0 Å². The van der Waals surface area contributed by atoms with Crippen molar-refractivity contribution in [2.45, 2.75) is 13.8 Å². The fourth-order valence-electron chi connectivity index (χ4n) is 3.80. The lowest BCUT2D eigenvalue weighted by atomic mass is 10.0. The summed E-state index contributed by atoms with van der Waals surface area (Å²) in [5, 5.41) is 1.99. The highest BCUT2D eigenvalue weighted by atomic mass is 35.5. The van der Waals surface area contributed by atoms with Gasteiger partial charge in [-0.3, -0.25) is 9.59 Å². The third kappa shape index (κ3) is 2.25. The van der Waals surface area contributed by atoms with Gasteiger partial charge in [0.1, 0.15) is 0 Å². The number of hydrogen-bond acceptors (Lipinski definition) is 2. The topological polar surface area (TPSA) is 65.7 Å². The molecule has 5 rings (SSSR count). The summed E-state index contributed by atoms with van der Waals surface area (Å²) < 4.78 is 0. The van der Waals surface area contributed by atoms with Gasteiger partial charge in [0.05, 0.1) is 37.4 Å². The molecule has 2 N–H and O–H groups in total. The lowest BCUT2D eigenvalue weighted by Gasteiger charge is -2.12. The molecule has 0 aliphatic heterocycles. The number of nitrogens with one attached hydrogen (secondary N) is 2. The molecule has 0 atom stereocenters. The van der Waals surface area contributed by atoms with E-state index in [-0.39, 0.29) is 31.7 Å². The van der Waals surface area contributed by atoms with Crippen LogP contribution in [-0.2, 0) is 0 Å². The number of aromatic nitrogens is 2. The van der Waals surface area contributed by atoms with Gasteiger partial charge < -0.3 is 9.97 Å². The SMILES string of the molecule is Cc1ccc2c(=O)c3c(Cl)c4[nH]c5ccc(C)cc5c(=O)c4c(Cl)c3[nH]c2c1. The molecule has 0 aliphatic carbocycles. The molecular weight excluding hydrogens is 395 g/mol. The van der Waals surface area contributed by atoms with Crippen LogP contribution in [0, 0.1) is 13.8 Å². The zero-order valence-corrected chi connectivity index (χ0v) is 16.5. The number of fused-ring (bicyclic) bond motifs is 4. The number of hydrogen-bond donors (Lipinski definition) is 2. The van der Waals surface area contributed by atoms with E-state index in [0.29, 0.717) is 32.8 Å². The molecule has 0 aliphatic rings. The average molecular weight is 409 g/mol. The van der Waals surface area contributed by atoms with Gasteiger partial charge >= 0.3 is 0 Å². The fraction of sp³-hybridized carbons (Fsp3) is 0.0909. The summed E-state index contributed by atoms with van der Waals surface area (Å²) in [6.45, 7) is 3.86. The van der Waals surface area contributed by atoms with Crippen LogP contribution in [0.5, 0.6) is 0 Å². The van der Waals surface area contributed by atoms with Gasteiger partial charge in [0.2, 0.25) is 0 Å². The Morgan fingerprint density at radius 3 is 1.89 bits per heavy atom. The van der Waals surface area contributed by atoms with Crippen LogP contribution < -0.4 is 10.9 Å². The number of halogens is 2. The van der Waals surface area contributed by atoms with Crippen LogP contribution in [-0.4, -0.2) is 9.97 Å². The van der Waals surface area contributed by atoms with E-state index in [1.807, 2.05) is 44.2 Å². The van der Waals surface area contributed by atoms with Crippen LogP contribution in [0.1, 0.15) is 11.1 Å². The molecular formula is C22H14Cl2N2O2. The number of pyridine rings is 2. The Morgan fingerprint density at radius 1 is 0.679 bits per heavy atom. The van der Waals surface area contributed by atoms with Crippen LogP contribution in [0.25, 0.3) is 43.6 Å². The molecule has 0 unspecified atom stereocenters. The van der Waals surface area contributed by atoms with E-state index in [1.54, 1.807) is 6.07 Å². The zero-order chi connectivity index (χ0) is 19.7. The Morgan fingerprint density at radius 2 is 1.21 bits per heavy atom.